The SMILES string of the molecule is C=CS(=O)(=O)n1nnc2ccccc21. The van der Waals surface area contributed by atoms with Crippen LogP contribution in [0.1, 0.15) is 0 Å². The van der Waals surface area contributed by atoms with Crippen molar-refractivity contribution in [3.05, 3.63) is 36.3 Å². The van der Waals surface area contributed by atoms with E-state index in [0.29, 0.717) is 11.0 Å². The second-order valence-corrected chi connectivity index (χ2v) is 4.34. The molecule has 0 aliphatic rings. The Morgan fingerprint density at radius 3 is 2.79 bits per heavy atom. The van der Waals surface area contributed by atoms with Gasteiger partial charge in [-0.25, -0.2) is 0 Å². The van der Waals surface area contributed by atoms with E-state index >= 15 is 0 Å². The quantitative estimate of drug-likeness (QED) is 0.732. The van der Waals surface area contributed by atoms with Gasteiger partial charge < -0.3 is 0 Å². The van der Waals surface area contributed by atoms with E-state index < -0.39 is 10.0 Å². The standard InChI is InChI=1S/C8H7N3O2S/c1-2-14(12,13)11-8-6-4-3-5-7(8)9-10-11/h2-6H,1H2. The lowest BCUT2D eigenvalue weighted by Gasteiger charge is -1.96. The van der Waals surface area contributed by atoms with E-state index in [1.165, 1.54) is 0 Å². The molecule has 6 heteroatoms. The lowest BCUT2D eigenvalue weighted by Crippen LogP contribution is -2.10. The molecule has 0 atom stereocenters. The molecule has 0 fully saturated rings. The zero-order chi connectivity index (χ0) is 10.2. The van der Waals surface area contributed by atoms with Crippen molar-refractivity contribution < 1.29 is 8.42 Å². The minimum absolute atomic E-state index is 0.451. The van der Waals surface area contributed by atoms with Crippen molar-refractivity contribution in [1.29, 1.82) is 0 Å². The summed E-state index contributed by atoms with van der Waals surface area (Å²) < 4.78 is 23.7. The number of hydrogen-bond donors (Lipinski definition) is 0. The number of nitrogens with zero attached hydrogens (tertiary/aromatic N) is 3. The predicted molar refractivity (Wildman–Crippen MR) is 52.0 cm³/mol. The van der Waals surface area contributed by atoms with Crippen molar-refractivity contribution in [2.45, 2.75) is 0 Å². The third-order valence-corrected chi connectivity index (χ3v) is 2.95. The Bertz CT molecular complexity index is 585. The summed E-state index contributed by atoms with van der Waals surface area (Å²) in [7, 11) is -3.57. The number of aromatic nitrogens is 3. The fourth-order valence-electron chi connectivity index (χ4n) is 1.11. The van der Waals surface area contributed by atoms with Gasteiger partial charge in [0.15, 0.2) is 0 Å². The fourth-order valence-corrected chi connectivity index (χ4v) is 1.81. The Hall–Kier alpha value is -1.69. The van der Waals surface area contributed by atoms with Crippen molar-refractivity contribution in [3.63, 3.8) is 0 Å². The average molecular weight is 209 g/mol. The minimum atomic E-state index is -3.57. The van der Waals surface area contributed by atoms with Gasteiger partial charge in [0.05, 0.1) is 0 Å². The Morgan fingerprint density at radius 1 is 1.36 bits per heavy atom. The van der Waals surface area contributed by atoms with Crippen LogP contribution in [0.25, 0.3) is 11.0 Å². The van der Waals surface area contributed by atoms with Gasteiger partial charge in [-0.05, 0) is 12.1 Å². The molecule has 1 aromatic heterocycles. The van der Waals surface area contributed by atoms with Crippen molar-refractivity contribution in [1.82, 2.24) is 14.4 Å². The first-order valence-electron chi connectivity index (χ1n) is 3.83. The lowest BCUT2D eigenvalue weighted by molar-refractivity contribution is 0.589. The number of benzene rings is 1. The molecule has 0 N–H and O–H groups in total. The molecule has 0 radical (unpaired) electrons. The third kappa shape index (κ3) is 1.20. The average Bonchev–Trinajstić information content (AvgIpc) is 2.61. The van der Waals surface area contributed by atoms with Gasteiger partial charge in [-0.3, -0.25) is 0 Å². The van der Waals surface area contributed by atoms with E-state index in [1.807, 2.05) is 0 Å². The zero-order valence-electron chi connectivity index (χ0n) is 7.16. The van der Waals surface area contributed by atoms with E-state index in [9.17, 15) is 8.42 Å². The molecule has 0 saturated carbocycles. The van der Waals surface area contributed by atoms with Crippen LogP contribution >= 0.6 is 0 Å². The molecule has 0 aliphatic carbocycles. The summed E-state index contributed by atoms with van der Waals surface area (Å²) in [5.74, 6) is 0. The van der Waals surface area contributed by atoms with E-state index in [-0.39, 0.29) is 0 Å². The Kier molecular flexibility index (Phi) is 1.85. The first-order valence-corrected chi connectivity index (χ1v) is 5.34. The van der Waals surface area contributed by atoms with Crippen LogP contribution in [0.4, 0.5) is 0 Å². The number of fused-ring (bicyclic) bond motifs is 1. The molecule has 0 unspecified atom stereocenters. The molecule has 1 aromatic carbocycles. The van der Waals surface area contributed by atoms with Crippen LogP contribution in [0, 0.1) is 0 Å². The largest absolute Gasteiger partial charge is 0.277 e. The minimum Gasteiger partial charge on any atom is -0.200 e. The van der Waals surface area contributed by atoms with Crippen molar-refractivity contribution in [3.8, 4) is 0 Å². The number of para-hydroxylation sites is 1. The first-order chi connectivity index (χ1) is 6.65. The van der Waals surface area contributed by atoms with Crippen molar-refractivity contribution in [2.75, 3.05) is 0 Å². The molecule has 14 heavy (non-hydrogen) atoms. The molecule has 0 amide bonds. The summed E-state index contributed by atoms with van der Waals surface area (Å²) >= 11 is 0. The second kappa shape index (κ2) is 2.91. The highest BCUT2D eigenvalue weighted by Gasteiger charge is 2.13. The van der Waals surface area contributed by atoms with Gasteiger partial charge in [0.1, 0.15) is 11.0 Å². The number of rotatable bonds is 2. The molecule has 5 nitrogen and oxygen atoms in total. The summed E-state index contributed by atoms with van der Waals surface area (Å²) in [5.41, 5.74) is 0.991. The lowest BCUT2D eigenvalue weighted by atomic mass is 10.3. The highest BCUT2D eigenvalue weighted by molar-refractivity contribution is 7.92. The van der Waals surface area contributed by atoms with Gasteiger partial charge in [-0.1, -0.05) is 23.9 Å². The van der Waals surface area contributed by atoms with Crippen LogP contribution in [-0.2, 0) is 10.0 Å². The smallest absolute Gasteiger partial charge is 0.200 e. The maximum atomic E-state index is 11.4. The molecule has 0 aliphatic heterocycles. The molecule has 72 valence electrons. The maximum Gasteiger partial charge on any atom is 0.277 e. The third-order valence-electron chi connectivity index (χ3n) is 1.77. The predicted octanol–water partition coefficient (Wildman–Crippen LogP) is 0.753. The van der Waals surface area contributed by atoms with E-state index in [4.69, 9.17) is 0 Å². The Labute approximate surface area is 80.7 Å². The van der Waals surface area contributed by atoms with Gasteiger partial charge in [0.25, 0.3) is 10.0 Å². The van der Waals surface area contributed by atoms with Crippen molar-refractivity contribution >= 4 is 21.1 Å². The van der Waals surface area contributed by atoms with Gasteiger partial charge in [0.2, 0.25) is 0 Å². The van der Waals surface area contributed by atoms with Crippen LogP contribution in [0.2, 0.25) is 0 Å². The Balaban J connectivity index is 2.83. The fraction of sp³-hybridized carbons (Fsp3) is 0. The molecular formula is C8H7N3O2S. The molecular weight excluding hydrogens is 202 g/mol. The van der Waals surface area contributed by atoms with Crippen LogP contribution < -0.4 is 0 Å². The van der Waals surface area contributed by atoms with Gasteiger partial charge >= 0.3 is 0 Å². The maximum absolute atomic E-state index is 11.4. The topological polar surface area (TPSA) is 64.8 Å². The van der Waals surface area contributed by atoms with Crippen LogP contribution in [0.3, 0.4) is 0 Å². The summed E-state index contributed by atoms with van der Waals surface area (Å²) in [4.78, 5) is 0. The highest BCUT2D eigenvalue weighted by Crippen LogP contribution is 2.12. The molecule has 1 heterocycles. The van der Waals surface area contributed by atoms with Gasteiger partial charge in [0, 0.05) is 5.41 Å². The van der Waals surface area contributed by atoms with Crippen molar-refractivity contribution in [2.24, 2.45) is 0 Å². The molecule has 0 spiro atoms. The van der Waals surface area contributed by atoms with Crippen LogP contribution in [-0.4, -0.2) is 22.8 Å². The molecule has 2 aromatic rings. The molecule has 2 rings (SSSR count). The highest BCUT2D eigenvalue weighted by atomic mass is 32.2. The van der Waals surface area contributed by atoms with E-state index in [2.05, 4.69) is 16.9 Å². The second-order valence-electron chi connectivity index (χ2n) is 2.63. The number of hydrogen-bond acceptors (Lipinski definition) is 4. The van der Waals surface area contributed by atoms with E-state index in [0.717, 1.165) is 9.50 Å². The Morgan fingerprint density at radius 2 is 2.07 bits per heavy atom. The van der Waals surface area contributed by atoms with E-state index in [1.54, 1.807) is 24.3 Å². The normalized spacial score (nSPS) is 11.7. The van der Waals surface area contributed by atoms with Gasteiger partial charge in [-0.15, -0.1) is 9.19 Å². The summed E-state index contributed by atoms with van der Waals surface area (Å²) in [6, 6.07) is 6.82. The zero-order valence-corrected chi connectivity index (χ0v) is 7.98. The summed E-state index contributed by atoms with van der Waals surface area (Å²) in [6.45, 7) is 3.22. The van der Waals surface area contributed by atoms with Crippen LogP contribution in [0.15, 0.2) is 36.3 Å². The molecule has 0 saturated heterocycles. The summed E-state index contributed by atoms with van der Waals surface area (Å²) in [5, 5.41) is 8.11. The van der Waals surface area contributed by atoms with Crippen LogP contribution in [0.5, 0.6) is 0 Å². The van der Waals surface area contributed by atoms with Gasteiger partial charge in [-0.2, -0.15) is 8.42 Å². The first kappa shape index (κ1) is 8.89. The monoisotopic (exact) mass is 209 g/mol. The summed E-state index contributed by atoms with van der Waals surface area (Å²) in [6.07, 6.45) is 0. The molecule has 0 bridgehead atoms.